The van der Waals surface area contributed by atoms with Crippen LogP contribution >= 0.6 is 0 Å². The molecule has 2 aromatic rings. The first-order valence-corrected chi connectivity index (χ1v) is 6.25. The number of hydrogen-bond donors (Lipinski definition) is 0. The number of rotatable bonds is 6. The van der Waals surface area contributed by atoms with Crippen LogP contribution in [0.2, 0.25) is 0 Å². The molecule has 0 aliphatic heterocycles. The van der Waals surface area contributed by atoms with Gasteiger partial charge in [0.2, 0.25) is 0 Å². The summed E-state index contributed by atoms with van der Waals surface area (Å²) >= 11 is 0. The van der Waals surface area contributed by atoms with Gasteiger partial charge in [0.1, 0.15) is 5.75 Å². The van der Waals surface area contributed by atoms with Gasteiger partial charge in [-0.1, -0.05) is 12.1 Å². The molecule has 1 heterocycles. The van der Waals surface area contributed by atoms with E-state index in [2.05, 4.69) is 10.1 Å². The van der Waals surface area contributed by atoms with Crippen molar-refractivity contribution in [2.75, 3.05) is 0 Å². The Kier molecular flexibility index (Phi) is 4.27. The first kappa shape index (κ1) is 14.6. The Balaban J connectivity index is 2.19. The third-order valence-corrected chi connectivity index (χ3v) is 2.73. The second kappa shape index (κ2) is 6.12. The summed E-state index contributed by atoms with van der Waals surface area (Å²) in [6, 6.07) is 3.84. The summed E-state index contributed by atoms with van der Waals surface area (Å²) < 4.78 is 10.4. The van der Waals surface area contributed by atoms with Crippen molar-refractivity contribution in [3.8, 4) is 5.75 Å². The van der Waals surface area contributed by atoms with Crippen LogP contribution in [-0.2, 0) is 13.0 Å². The number of aryl methyl sites for hydroxylation is 1. The summed E-state index contributed by atoms with van der Waals surface area (Å²) in [6.07, 6.45) is 0.639. The molecule has 0 amide bonds. The number of hydrogen-bond acceptors (Lipinski definition) is 7. The Morgan fingerprint density at radius 3 is 2.81 bits per heavy atom. The topological polar surface area (TPSA) is 108 Å². The van der Waals surface area contributed by atoms with Gasteiger partial charge in [0.25, 0.3) is 11.6 Å². The molecule has 1 aromatic carbocycles. The van der Waals surface area contributed by atoms with Gasteiger partial charge in [0, 0.05) is 18.6 Å². The molecule has 8 heteroatoms. The maximum absolute atomic E-state index is 11.5. The monoisotopic (exact) mass is 291 g/mol. The Hall–Kier alpha value is -2.77. The average molecular weight is 291 g/mol. The van der Waals surface area contributed by atoms with E-state index < -0.39 is 4.92 Å². The summed E-state index contributed by atoms with van der Waals surface area (Å²) in [5.74, 6) is 0.752. The van der Waals surface area contributed by atoms with E-state index in [1.54, 1.807) is 0 Å². The zero-order valence-electron chi connectivity index (χ0n) is 11.5. The van der Waals surface area contributed by atoms with Crippen molar-refractivity contribution in [2.45, 2.75) is 26.9 Å². The predicted octanol–water partition coefficient (Wildman–Crippen LogP) is 2.32. The fourth-order valence-corrected chi connectivity index (χ4v) is 1.66. The van der Waals surface area contributed by atoms with Gasteiger partial charge in [-0.2, -0.15) is 4.98 Å². The SMILES string of the molecule is CCc1noc(COc2ccc([N+](=O)[O-])cc2C(C)=O)n1. The Morgan fingerprint density at radius 2 is 2.24 bits per heavy atom. The van der Waals surface area contributed by atoms with Crippen LogP contribution in [0.3, 0.4) is 0 Å². The van der Waals surface area contributed by atoms with Crippen molar-refractivity contribution in [2.24, 2.45) is 0 Å². The fraction of sp³-hybridized carbons (Fsp3) is 0.308. The lowest BCUT2D eigenvalue weighted by Crippen LogP contribution is -2.03. The van der Waals surface area contributed by atoms with Crippen molar-refractivity contribution >= 4 is 11.5 Å². The van der Waals surface area contributed by atoms with Gasteiger partial charge < -0.3 is 9.26 Å². The number of nitro benzene ring substituents is 1. The van der Waals surface area contributed by atoms with E-state index in [9.17, 15) is 14.9 Å². The van der Waals surface area contributed by atoms with Crippen LogP contribution in [0.1, 0.15) is 35.9 Å². The molecule has 0 aliphatic rings. The van der Waals surface area contributed by atoms with E-state index in [0.29, 0.717) is 12.2 Å². The highest BCUT2D eigenvalue weighted by atomic mass is 16.6. The Labute approximate surface area is 119 Å². The molecular weight excluding hydrogens is 278 g/mol. The summed E-state index contributed by atoms with van der Waals surface area (Å²) in [5.41, 5.74) is -0.0296. The van der Waals surface area contributed by atoms with Gasteiger partial charge in [-0.05, 0) is 13.0 Å². The van der Waals surface area contributed by atoms with Gasteiger partial charge in [0.05, 0.1) is 10.5 Å². The summed E-state index contributed by atoms with van der Waals surface area (Å²) in [4.78, 5) is 25.8. The minimum absolute atomic E-state index is 0.00884. The molecule has 0 atom stereocenters. The fourth-order valence-electron chi connectivity index (χ4n) is 1.66. The average Bonchev–Trinajstić information content (AvgIpc) is 2.92. The number of carbonyl (C=O) groups is 1. The van der Waals surface area contributed by atoms with E-state index >= 15 is 0 Å². The van der Waals surface area contributed by atoms with E-state index in [0.717, 1.165) is 0 Å². The van der Waals surface area contributed by atoms with Gasteiger partial charge >= 0.3 is 0 Å². The number of ether oxygens (including phenoxy) is 1. The molecule has 1 aromatic heterocycles. The van der Waals surface area contributed by atoms with Gasteiger partial charge in [-0.3, -0.25) is 14.9 Å². The van der Waals surface area contributed by atoms with Crippen LogP contribution < -0.4 is 4.74 Å². The molecule has 0 N–H and O–H groups in total. The standard InChI is InChI=1S/C13H13N3O5/c1-3-12-14-13(21-15-12)7-20-11-5-4-9(16(18)19)6-10(11)8(2)17/h4-6H,3,7H2,1-2H3. The largest absolute Gasteiger partial charge is 0.483 e. The van der Waals surface area contributed by atoms with Crippen LogP contribution in [0.4, 0.5) is 5.69 Å². The number of benzene rings is 1. The molecule has 110 valence electrons. The number of non-ortho nitro benzene ring substituents is 1. The number of nitro groups is 1. The molecule has 0 bridgehead atoms. The highest BCUT2D eigenvalue weighted by Crippen LogP contribution is 2.25. The van der Waals surface area contributed by atoms with Crippen LogP contribution in [-0.4, -0.2) is 20.8 Å². The molecule has 0 aliphatic carbocycles. The maximum Gasteiger partial charge on any atom is 0.270 e. The summed E-state index contributed by atoms with van der Waals surface area (Å²) in [6.45, 7) is 3.19. The summed E-state index contributed by atoms with van der Waals surface area (Å²) in [5, 5.41) is 14.4. The smallest absolute Gasteiger partial charge is 0.270 e. The molecular formula is C13H13N3O5. The predicted molar refractivity (Wildman–Crippen MR) is 71.1 cm³/mol. The second-order valence-electron chi connectivity index (χ2n) is 4.24. The van der Waals surface area contributed by atoms with Crippen molar-refractivity contribution < 1.29 is 19.0 Å². The Bertz CT molecular complexity index is 680. The second-order valence-corrected chi connectivity index (χ2v) is 4.24. The lowest BCUT2D eigenvalue weighted by atomic mass is 10.1. The third kappa shape index (κ3) is 3.41. The van der Waals surface area contributed by atoms with Crippen LogP contribution in [0.5, 0.6) is 5.75 Å². The maximum atomic E-state index is 11.5. The number of aromatic nitrogens is 2. The first-order valence-electron chi connectivity index (χ1n) is 6.25. The Morgan fingerprint density at radius 1 is 1.48 bits per heavy atom. The molecule has 0 unspecified atom stereocenters. The molecule has 0 fully saturated rings. The van der Waals surface area contributed by atoms with E-state index in [1.807, 2.05) is 6.92 Å². The molecule has 0 saturated heterocycles. The minimum atomic E-state index is -0.568. The number of nitrogens with zero attached hydrogens (tertiary/aromatic N) is 3. The van der Waals surface area contributed by atoms with Gasteiger partial charge in [-0.15, -0.1) is 0 Å². The summed E-state index contributed by atoms with van der Waals surface area (Å²) in [7, 11) is 0. The number of Topliss-reactive ketones (excluding diaryl/α,β-unsaturated/α-hetero) is 1. The normalized spacial score (nSPS) is 10.4. The van der Waals surface area contributed by atoms with E-state index in [1.165, 1.54) is 25.1 Å². The lowest BCUT2D eigenvalue weighted by molar-refractivity contribution is -0.384. The molecule has 0 radical (unpaired) electrons. The molecule has 0 spiro atoms. The van der Waals surface area contributed by atoms with Crippen LogP contribution in [0.25, 0.3) is 0 Å². The molecule has 2 rings (SSSR count). The zero-order chi connectivity index (χ0) is 15.4. The van der Waals surface area contributed by atoms with Gasteiger partial charge in [-0.25, -0.2) is 0 Å². The van der Waals surface area contributed by atoms with Gasteiger partial charge in [0.15, 0.2) is 18.2 Å². The van der Waals surface area contributed by atoms with E-state index in [4.69, 9.17) is 9.26 Å². The van der Waals surface area contributed by atoms with Crippen LogP contribution in [0, 0.1) is 10.1 Å². The van der Waals surface area contributed by atoms with Crippen molar-refractivity contribution in [3.63, 3.8) is 0 Å². The van der Waals surface area contributed by atoms with E-state index in [-0.39, 0.29) is 35.3 Å². The van der Waals surface area contributed by atoms with Crippen molar-refractivity contribution in [3.05, 3.63) is 45.6 Å². The first-order chi connectivity index (χ1) is 10.0. The van der Waals surface area contributed by atoms with Crippen molar-refractivity contribution in [1.82, 2.24) is 10.1 Å². The lowest BCUT2D eigenvalue weighted by Gasteiger charge is -2.07. The van der Waals surface area contributed by atoms with Crippen LogP contribution in [0.15, 0.2) is 22.7 Å². The zero-order valence-corrected chi connectivity index (χ0v) is 11.5. The quantitative estimate of drug-likeness (QED) is 0.456. The highest BCUT2D eigenvalue weighted by Gasteiger charge is 2.16. The van der Waals surface area contributed by atoms with Crippen molar-refractivity contribution in [1.29, 1.82) is 0 Å². The molecule has 8 nitrogen and oxygen atoms in total. The molecule has 21 heavy (non-hydrogen) atoms. The number of ketones is 1. The highest BCUT2D eigenvalue weighted by molar-refractivity contribution is 5.97. The minimum Gasteiger partial charge on any atom is -0.483 e. The molecule has 0 saturated carbocycles. The number of carbonyl (C=O) groups excluding carboxylic acids is 1. The third-order valence-electron chi connectivity index (χ3n) is 2.73.